The number of thioether (sulfide) groups is 1. The van der Waals surface area contributed by atoms with Crippen LogP contribution in [0.15, 0.2) is 22.3 Å². The number of nitrogens with one attached hydrogen (secondary N) is 2. The van der Waals surface area contributed by atoms with Gasteiger partial charge in [-0.05, 0) is 6.08 Å². The maximum absolute atomic E-state index is 12.8. The van der Waals surface area contributed by atoms with Crippen LogP contribution >= 0.6 is 23.1 Å². The van der Waals surface area contributed by atoms with Gasteiger partial charge in [0.25, 0.3) is 18.3 Å². The van der Waals surface area contributed by atoms with Gasteiger partial charge in [-0.15, -0.1) is 23.1 Å². The van der Waals surface area contributed by atoms with Gasteiger partial charge in [0.2, 0.25) is 6.41 Å². The van der Waals surface area contributed by atoms with Crippen molar-refractivity contribution in [1.82, 2.24) is 15.2 Å². The Balaban J connectivity index is 1.74. The van der Waals surface area contributed by atoms with E-state index >= 15 is 0 Å². The Hall–Kier alpha value is -3.46. The number of hydrogen-bond acceptors (Lipinski definition) is 11. The van der Waals surface area contributed by atoms with Crippen molar-refractivity contribution >= 4 is 64.6 Å². The average molecular weight is 469 g/mol. The fourth-order valence-electron chi connectivity index (χ4n) is 2.70. The van der Waals surface area contributed by atoms with E-state index in [0.717, 1.165) is 16.2 Å². The topological polar surface area (TPSA) is 177 Å². The summed E-state index contributed by atoms with van der Waals surface area (Å²) in [5.41, 5.74) is -0.327. The van der Waals surface area contributed by atoms with Gasteiger partial charge in [-0.25, -0.2) is 9.78 Å². The lowest BCUT2D eigenvalue weighted by atomic mass is 10.0. The van der Waals surface area contributed by atoms with Crippen molar-refractivity contribution in [2.75, 3.05) is 24.3 Å². The van der Waals surface area contributed by atoms with Gasteiger partial charge in [-0.2, -0.15) is 0 Å². The molecule has 0 bridgehead atoms. The number of oxime groups is 1. The number of amides is 3. The van der Waals surface area contributed by atoms with Crippen LogP contribution in [0.25, 0.3) is 0 Å². The summed E-state index contributed by atoms with van der Waals surface area (Å²) in [5.74, 6) is -2.21. The number of ether oxygens (including phenoxy) is 1. The quantitative estimate of drug-likeness (QED) is 0.119. The number of β-lactam (4-membered cyclic amide) rings is 1. The Morgan fingerprint density at radius 2 is 2.19 bits per heavy atom. The predicted molar refractivity (Wildman–Crippen MR) is 107 cm³/mol. The number of rotatable bonds is 11. The van der Waals surface area contributed by atoms with Gasteiger partial charge in [0.15, 0.2) is 17.5 Å². The zero-order chi connectivity index (χ0) is 22.4. The highest BCUT2D eigenvalue weighted by atomic mass is 32.2. The molecular formula is C16H15N5O8S2. The van der Waals surface area contributed by atoms with E-state index in [0.29, 0.717) is 12.2 Å². The molecule has 3 heterocycles. The van der Waals surface area contributed by atoms with Gasteiger partial charge in [-0.3, -0.25) is 24.1 Å². The molecule has 0 aliphatic carbocycles. The van der Waals surface area contributed by atoms with E-state index in [4.69, 9.17) is 4.84 Å². The molecule has 1 aromatic heterocycles. The third kappa shape index (κ3) is 4.83. The van der Waals surface area contributed by atoms with Gasteiger partial charge in [0, 0.05) is 11.1 Å². The van der Waals surface area contributed by atoms with E-state index in [-0.39, 0.29) is 41.9 Å². The van der Waals surface area contributed by atoms with Crippen LogP contribution in [0.3, 0.4) is 0 Å². The maximum atomic E-state index is 12.8. The second-order valence-corrected chi connectivity index (χ2v) is 7.83. The van der Waals surface area contributed by atoms with Crippen LogP contribution in [0, 0.1) is 0 Å². The summed E-state index contributed by atoms with van der Waals surface area (Å²) in [6.45, 7) is -0.00932. The molecule has 2 aliphatic rings. The third-order valence-electron chi connectivity index (χ3n) is 4.01. The molecule has 0 spiro atoms. The predicted octanol–water partition coefficient (Wildman–Crippen LogP) is -1.03. The second kappa shape index (κ2) is 10.0. The fraction of sp³-hybridized carbons (Fsp3) is 0.312. The highest BCUT2D eigenvalue weighted by Crippen LogP contribution is 2.37. The van der Waals surface area contributed by atoms with Crippen LogP contribution < -0.4 is 10.6 Å². The molecule has 3 rings (SSSR count). The first kappa shape index (κ1) is 22.2. The summed E-state index contributed by atoms with van der Waals surface area (Å²) in [6.07, 6.45) is 1.85. The molecule has 15 heteroatoms. The van der Waals surface area contributed by atoms with Crippen molar-refractivity contribution in [1.29, 1.82) is 0 Å². The van der Waals surface area contributed by atoms with Gasteiger partial charge >= 0.3 is 5.97 Å². The number of aliphatic carboxylic acids is 1. The number of nitrogens with zero attached hydrogens (tertiary/aromatic N) is 3. The number of hydrogen-bond donors (Lipinski definition) is 3. The molecule has 0 saturated carbocycles. The Kier molecular flexibility index (Phi) is 7.19. The van der Waals surface area contributed by atoms with Crippen molar-refractivity contribution in [2.45, 2.75) is 11.4 Å². The molecular weight excluding hydrogens is 454 g/mol. The maximum Gasteiger partial charge on any atom is 0.352 e. The Bertz CT molecular complexity index is 962. The zero-order valence-electron chi connectivity index (χ0n) is 15.5. The van der Waals surface area contributed by atoms with Gasteiger partial charge in [-0.1, -0.05) is 5.16 Å². The summed E-state index contributed by atoms with van der Waals surface area (Å²) < 4.78 is 4.47. The standard InChI is InChI=1S/C16H15N5O8S2/c22-6-17-16-18-8(5-31-16)10(20-29-3-2-28-7-23)12(24)19-11-13(25)21-9(15(26)27)1-4-30-14(11)21/h1,5-7,11,14H,2-4H2,(H,19,24)(H,26,27)(H,17,18,22)/t11?,14-/m1/s1. The van der Waals surface area contributed by atoms with E-state index in [1.807, 2.05) is 0 Å². The molecule has 0 aromatic carbocycles. The number of anilines is 1. The number of carbonyl (C=O) groups is 5. The minimum atomic E-state index is -1.23. The van der Waals surface area contributed by atoms with Gasteiger partial charge in [0.1, 0.15) is 29.4 Å². The smallest absolute Gasteiger partial charge is 0.352 e. The number of thiazole rings is 1. The van der Waals surface area contributed by atoms with E-state index in [2.05, 4.69) is 25.5 Å². The highest BCUT2D eigenvalue weighted by molar-refractivity contribution is 8.00. The Morgan fingerprint density at radius 3 is 2.90 bits per heavy atom. The average Bonchev–Trinajstić information content (AvgIpc) is 3.22. The molecule has 3 N–H and O–H groups in total. The molecule has 31 heavy (non-hydrogen) atoms. The SMILES string of the molecule is O=CNc1nc(C(=NOCCOC=O)C(=O)NC2C(=O)N3C(C(=O)O)=CCS[C@H]23)cs1. The lowest BCUT2D eigenvalue weighted by molar-refractivity contribution is -0.150. The highest BCUT2D eigenvalue weighted by Gasteiger charge is 2.53. The Labute approximate surface area is 182 Å². The first-order chi connectivity index (χ1) is 15.0. The van der Waals surface area contributed by atoms with Gasteiger partial charge in [0.05, 0.1) is 0 Å². The van der Waals surface area contributed by atoms with Crippen LogP contribution in [-0.4, -0.2) is 81.8 Å². The summed E-state index contributed by atoms with van der Waals surface area (Å²) in [4.78, 5) is 67.5. The third-order valence-corrected chi connectivity index (χ3v) is 5.97. The minimum Gasteiger partial charge on any atom is -0.477 e. The van der Waals surface area contributed by atoms with Crippen molar-refractivity contribution in [3.63, 3.8) is 0 Å². The number of aromatic nitrogens is 1. The van der Waals surface area contributed by atoms with Crippen molar-refractivity contribution in [2.24, 2.45) is 5.16 Å². The molecule has 1 saturated heterocycles. The van der Waals surface area contributed by atoms with E-state index in [9.17, 15) is 29.1 Å². The van der Waals surface area contributed by atoms with Gasteiger partial charge < -0.3 is 25.3 Å². The number of carboxylic acids is 1. The summed E-state index contributed by atoms with van der Waals surface area (Å²) >= 11 is 2.34. The molecule has 1 unspecified atom stereocenters. The number of carbonyl (C=O) groups excluding carboxylic acids is 4. The zero-order valence-corrected chi connectivity index (χ0v) is 17.2. The van der Waals surface area contributed by atoms with Crippen LogP contribution in [0.2, 0.25) is 0 Å². The van der Waals surface area contributed by atoms with Crippen LogP contribution in [0.5, 0.6) is 0 Å². The van der Waals surface area contributed by atoms with E-state index in [1.54, 1.807) is 0 Å². The first-order valence-electron chi connectivity index (χ1n) is 8.58. The molecule has 2 aliphatic heterocycles. The molecule has 2 atom stereocenters. The molecule has 3 amide bonds. The summed E-state index contributed by atoms with van der Waals surface area (Å²) in [7, 11) is 0. The fourth-order valence-corrected chi connectivity index (χ4v) is 4.54. The van der Waals surface area contributed by atoms with Crippen molar-refractivity contribution in [3.05, 3.63) is 22.8 Å². The number of carboxylic acid groups (broad SMARTS) is 1. The largest absolute Gasteiger partial charge is 0.477 e. The molecule has 1 fully saturated rings. The van der Waals surface area contributed by atoms with E-state index < -0.39 is 29.2 Å². The lowest BCUT2D eigenvalue weighted by Crippen LogP contribution is -2.70. The summed E-state index contributed by atoms with van der Waals surface area (Å²) in [5, 5.41) is 18.9. The monoisotopic (exact) mass is 469 g/mol. The lowest BCUT2D eigenvalue weighted by Gasteiger charge is -2.48. The molecule has 1 aromatic rings. The molecule has 0 radical (unpaired) electrons. The van der Waals surface area contributed by atoms with Crippen LogP contribution in [-0.2, 0) is 33.5 Å². The molecule has 13 nitrogen and oxygen atoms in total. The number of fused-ring (bicyclic) bond motifs is 1. The van der Waals surface area contributed by atoms with Crippen LogP contribution in [0.1, 0.15) is 5.69 Å². The van der Waals surface area contributed by atoms with Crippen molar-refractivity contribution < 1.29 is 38.7 Å². The van der Waals surface area contributed by atoms with Crippen LogP contribution in [0.4, 0.5) is 5.13 Å². The normalized spacial score (nSPS) is 20.0. The van der Waals surface area contributed by atoms with E-state index in [1.165, 1.54) is 23.2 Å². The van der Waals surface area contributed by atoms with Crippen molar-refractivity contribution in [3.8, 4) is 0 Å². The first-order valence-corrected chi connectivity index (χ1v) is 10.5. The molecule has 164 valence electrons. The minimum absolute atomic E-state index is 0.0780. The second-order valence-electron chi connectivity index (χ2n) is 5.82. The summed E-state index contributed by atoms with van der Waals surface area (Å²) in [6, 6.07) is -0.963. The Morgan fingerprint density at radius 1 is 1.39 bits per heavy atom.